The van der Waals surface area contributed by atoms with Gasteiger partial charge in [-0.1, -0.05) is 86.5 Å². The fourth-order valence-corrected chi connectivity index (χ4v) is 5.99. The Morgan fingerprint density at radius 1 is 1.00 bits per heavy atom. The molecule has 1 aliphatic rings. The fourth-order valence-electron chi connectivity index (χ4n) is 4.34. The maximum atomic E-state index is 12.5. The van der Waals surface area contributed by atoms with E-state index >= 15 is 0 Å². The van der Waals surface area contributed by atoms with Crippen molar-refractivity contribution in [1.29, 1.82) is 0 Å². The monoisotopic (exact) mass is 594 g/mol. The van der Waals surface area contributed by atoms with Crippen LogP contribution in [-0.2, 0) is 21.4 Å². The van der Waals surface area contributed by atoms with E-state index in [0.29, 0.717) is 33.5 Å². The minimum absolute atomic E-state index is 0.0923. The molecule has 5 rings (SSSR count). The third-order valence-corrected chi connectivity index (χ3v) is 8.27. The highest BCUT2D eigenvalue weighted by atomic mass is 35.5. The normalized spacial score (nSPS) is 15.1. The van der Waals surface area contributed by atoms with Crippen molar-refractivity contribution in [3.8, 4) is 16.9 Å². The van der Waals surface area contributed by atoms with Crippen LogP contribution in [0.25, 0.3) is 23.0 Å². The molecule has 1 aromatic heterocycles. The number of allylic oxidation sites excluding steroid dienone is 1. The van der Waals surface area contributed by atoms with Crippen LogP contribution in [0.15, 0.2) is 79.0 Å². The van der Waals surface area contributed by atoms with Crippen LogP contribution >= 0.6 is 23.2 Å². The number of anilines is 1. The van der Waals surface area contributed by atoms with Gasteiger partial charge in [0.25, 0.3) is 5.91 Å². The minimum atomic E-state index is -3.94. The SMILES string of the molecule is CC(C)(C)/C=C/c1ccc(Cc2nc(-c3ccc(Cl)cc3Cl)cn2-c2cccc(N3CC(=O)NS3(=O)=O)c2)cc1. The van der Waals surface area contributed by atoms with Gasteiger partial charge in [0, 0.05) is 28.9 Å². The predicted octanol–water partition coefficient (Wildman–Crippen LogP) is 6.68. The van der Waals surface area contributed by atoms with Gasteiger partial charge < -0.3 is 4.57 Å². The van der Waals surface area contributed by atoms with Crippen LogP contribution < -0.4 is 9.03 Å². The van der Waals surface area contributed by atoms with Gasteiger partial charge in [-0.3, -0.25) is 4.79 Å². The number of hydrogen-bond donors (Lipinski definition) is 1. The number of carbonyl (C=O) groups is 1. The average Bonchev–Trinajstić information content (AvgIpc) is 3.42. The molecule has 7 nitrogen and oxygen atoms in total. The van der Waals surface area contributed by atoms with Gasteiger partial charge in [0.2, 0.25) is 0 Å². The lowest BCUT2D eigenvalue weighted by Gasteiger charge is -2.16. The Balaban J connectivity index is 1.54. The van der Waals surface area contributed by atoms with Crippen molar-refractivity contribution in [2.75, 3.05) is 10.8 Å². The van der Waals surface area contributed by atoms with Crippen LogP contribution in [0.4, 0.5) is 5.69 Å². The summed E-state index contributed by atoms with van der Waals surface area (Å²) in [6, 6.07) is 20.5. The summed E-state index contributed by atoms with van der Waals surface area (Å²) in [7, 11) is -3.94. The van der Waals surface area contributed by atoms with E-state index in [2.05, 4.69) is 57.2 Å². The topological polar surface area (TPSA) is 84.3 Å². The van der Waals surface area contributed by atoms with E-state index in [9.17, 15) is 13.2 Å². The maximum absolute atomic E-state index is 12.5. The Kier molecular flexibility index (Phi) is 7.52. The highest BCUT2D eigenvalue weighted by molar-refractivity contribution is 7.92. The minimum Gasteiger partial charge on any atom is -0.303 e. The molecule has 0 unspecified atom stereocenters. The second-order valence-corrected chi connectivity index (χ2v) is 13.1. The Bertz CT molecular complexity index is 1720. The third kappa shape index (κ3) is 6.25. The van der Waals surface area contributed by atoms with Crippen molar-refractivity contribution < 1.29 is 13.2 Å². The molecule has 3 aromatic carbocycles. The second-order valence-electron chi connectivity index (χ2n) is 10.7. The summed E-state index contributed by atoms with van der Waals surface area (Å²) in [4.78, 5) is 16.7. The highest BCUT2D eigenvalue weighted by Crippen LogP contribution is 2.32. The summed E-state index contributed by atoms with van der Waals surface area (Å²) in [5.74, 6) is 0.156. The molecule has 1 fully saturated rings. The number of nitrogens with one attached hydrogen (secondary N) is 1. The molecule has 0 saturated carbocycles. The van der Waals surface area contributed by atoms with Gasteiger partial charge in [0.1, 0.15) is 12.4 Å². The van der Waals surface area contributed by atoms with Crippen molar-refractivity contribution in [1.82, 2.24) is 14.3 Å². The van der Waals surface area contributed by atoms with Crippen molar-refractivity contribution >= 4 is 51.1 Å². The van der Waals surface area contributed by atoms with Gasteiger partial charge in [-0.2, -0.15) is 8.42 Å². The summed E-state index contributed by atoms with van der Waals surface area (Å²) in [6.45, 7) is 6.20. The number of nitrogens with zero attached hydrogens (tertiary/aromatic N) is 3. The Morgan fingerprint density at radius 3 is 2.38 bits per heavy atom. The first-order valence-corrected chi connectivity index (χ1v) is 14.8. The van der Waals surface area contributed by atoms with E-state index in [4.69, 9.17) is 28.2 Å². The van der Waals surface area contributed by atoms with E-state index in [1.54, 1.807) is 30.3 Å². The van der Waals surface area contributed by atoms with Gasteiger partial charge in [-0.25, -0.2) is 14.0 Å². The number of hydrogen-bond acceptors (Lipinski definition) is 4. The van der Waals surface area contributed by atoms with E-state index in [1.165, 1.54) is 0 Å². The fraction of sp³-hybridized carbons (Fsp3) is 0.200. The number of carbonyl (C=O) groups excluding carboxylic acids is 1. The number of imidazole rings is 1. The highest BCUT2D eigenvalue weighted by Gasteiger charge is 2.34. The quantitative estimate of drug-likeness (QED) is 0.270. The first-order chi connectivity index (χ1) is 18.9. The molecule has 0 bridgehead atoms. The van der Waals surface area contributed by atoms with Crippen molar-refractivity contribution in [2.45, 2.75) is 27.2 Å². The number of aromatic nitrogens is 2. The molecule has 1 saturated heterocycles. The van der Waals surface area contributed by atoms with E-state index in [-0.39, 0.29) is 12.0 Å². The van der Waals surface area contributed by atoms with Crippen molar-refractivity contribution in [2.24, 2.45) is 5.41 Å². The second kappa shape index (κ2) is 10.8. The molecular formula is C30H28Cl2N4O3S. The number of amides is 1. The maximum Gasteiger partial charge on any atom is 0.326 e. The molecule has 1 aliphatic heterocycles. The first-order valence-electron chi connectivity index (χ1n) is 12.6. The van der Waals surface area contributed by atoms with Crippen LogP contribution in [0.2, 0.25) is 10.0 Å². The number of benzene rings is 3. The zero-order chi connectivity index (χ0) is 28.7. The van der Waals surface area contributed by atoms with Gasteiger partial charge in [-0.05, 0) is 52.9 Å². The molecule has 1 amide bonds. The molecule has 10 heteroatoms. The van der Waals surface area contributed by atoms with Crippen molar-refractivity contribution in [3.63, 3.8) is 0 Å². The number of rotatable bonds is 6. The molecule has 0 aliphatic carbocycles. The summed E-state index contributed by atoms with van der Waals surface area (Å²) in [6.07, 6.45) is 6.67. The van der Waals surface area contributed by atoms with E-state index < -0.39 is 16.1 Å². The van der Waals surface area contributed by atoms with Gasteiger partial charge >= 0.3 is 10.2 Å². The zero-order valence-electron chi connectivity index (χ0n) is 22.2. The predicted molar refractivity (Wildman–Crippen MR) is 161 cm³/mol. The van der Waals surface area contributed by atoms with Crippen LogP contribution in [0.3, 0.4) is 0 Å². The summed E-state index contributed by atoms with van der Waals surface area (Å²) in [5, 5.41) is 0.997. The van der Waals surface area contributed by atoms with E-state index in [1.807, 2.05) is 27.6 Å². The van der Waals surface area contributed by atoms with Gasteiger partial charge in [-0.15, -0.1) is 0 Å². The Morgan fingerprint density at radius 2 is 1.73 bits per heavy atom. The molecule has 4 aromatic rings. The van der Waals surface area contributed by atoms with Crippen molar-refractivity contribution in [3.05, 3.63) is 106 Å². The summed E-state index contributed by atoms with van der Waals surface area (Å²) in [5.41, 5.74) is 4.70. The average molecular weight is 596 g/mol. The molecule has 2 heterocycles. The molecule has 206 valence electrons. The first kappa shape index (κ1) is 28.0. The Hall–Kier alpha value is -3.59. The summed E-state index contributed by atoms with van der Waals surface area (Å²) < 4.78 is 29.9. The van der Waals surface area contributed by atoms with Crippen LogP contribution in [0.1, 0.15) is 37.7 Å². The van der Waals surface area contributed by atoms with Crippen LogP contribution in [-0.4, -0.2) is 30.4 Å². The molecule has 1 N–H and O–H groups in total. The lowest BCUT2D eigenvalue weighted by atomic mass is 9.95. The molecule has 0 radical (unpaired) electrons. The standard InChI is InChI=1S/C30H28Cl2N4O3S/c1-30(2,3)14-13-20-7-9-21(10-8-20)15-28-33-27(25-12-11-22(31)16-26(25)32)18-35(28)23-5-4-6-24(17-23)36-19-29(37)34-40(36,38)39/h4-14,16-18H,15,19H2,1-3H3,(H,34,37)/b14-13+. The Labute approximate surface area is 244 Å². The molecule has 0 spiro atoms. The molecule has 0 atom stereocenters. The lowest BCUT2D eigenvalue weighted by molar-refractivity contribution is -0.117. The number of halogens is 2. The zero-order valence-corrected chi connectivity index (χ0v) is 24.6. The molecular weight excluding hydrogens is 567 g/mol. The van der Waals surface area contributed by atoms with Crippen LogP contribution in [0, 0.1) is 5.41 Å². The van der Waals surface area contributed by atoms with Gasteiger partial charge in [0.15, 0.2) is 0 Å². The molecule has 40 heavy (non-hydrogen) atoms. The third-order valence-electron chi connectivity index (χ3n) is 6.32. The largest absolute Gasteiger partial charge is 0.326 e. The lowest BCUT2D eigenvalue weighted by Crippen LogP contribution is -2.29. The van der Waals surface area contributed by atoms with Gasteiger partial charge in [0.05, 0.1) is 16.4 Å². The van der Waals surface area contributed by atoms with Crippen LogP contribution in [0.5, 0.6) is 0 Å². The summed E-state index contributed by atoms with van der Waals surface area (Å²) >= 11 is 12.6. The smallest absolute Gasteiger partial charge is 0.303 e. The van der Waals surface area contributed by atoms with E-state index in [0.717, 1.165) is 26.8 Å².